The van der Waals surface area contributed by atoms with Crippen LogP contribution in [0.3, 0.4) is 0 Å². The molecule has 0 aromatic rings. The molecule has 1 aliphatic rings. The second-order valence-corrected chi connectivity index (χ2v) is 4.11. The van der Waals surface area contributed by atoms with E-state index >= 15 is 0 Å². The highest BCUT2D eigenvalue weighted by molar-refractivity contribution is 4.81. The van der Waals surface area contributed by atoms with Gasteiger partial charge in [0.2, 0.25) is 0 Å². The molecule has 0 bridgehead atoms. The molecular formula is C10H21N. The third-order valence-corrected chi connectivity index (χ3v) is 3.32. The van der Waals surface area contributed by atoms with Crippen LogP contribution in [0.5, 0.6) is 0 Å². The largest absolute Gasteiger partial charge is 0.301 e. The molecule has 1 nitrogen and oxygen atoms in total. The molecular weight excluding hydrogens is 134 g/mol. The Bertz CT molecular complexity index is 110. The first-order valence-corrected chi connectivity index (χ1v) is 4.87. The molecule has 0 spiro atoms. The molecule has 0 amide bonds. The summed E-state index contributed by atoms with van der Waals surface area (Å²) in [6.07, 6.45) is 4.16. The van der Waals surface area contributed by atoms with Gasteiger partial charge in [-0.1, -0.05) is 13.3 Å². The maximum atomic E-state index is 2.51. The van der Waals surface area contributed by atoms with Crippen LogP contribution in [0.4, 0.5) is 0 Å². The molecule has 11 heavy (non-hydrogen) atoms. The molecule has 0 aliphatic carbocycles. The van der Waals surface area contributed by atoms with Crippen molar-refractivity contribution in [1.29, 1.82) is 0 Å². The van der Waals surface area contributed by atoms with Crippen LogP contribution in [0.1, 0.15) is 40.0 Å². The van der Waals surface area contributed by atoms with Gasteiger partial charge in [0.25, 0.3) is 0 Å². The summed E-state index contributed by atoms with van der Waals surface area (Å²) < 4.78 is 0. The standard InChI is InChI=1S/C10H21N/c1-5-10-6-8(2)11(4)9(3)7-10/h8-10H,5-7H2,1-4H3/t8-,9+,10?. The van der Waals surface area contributed by atoms with Crippen molar-refractivity contribution in [1.82, 2.24) is 4.90 Å². The number of rotatable bonds is 1. The average molecular weight is 155 g/mol. The molecule has 1 aliphatic heterocycles. The Labute approximate surface area is 70.8 Å². The number of hydrogen-bond acceptors (Lipinski definition) is 1. The minimum atomic E-state index is 0.795. The molecule has 3 atom stereocenters. The van der Waals surface area contributed by atoms with Crippen LogP contribution in [0.15, 0.2) is 0 Å². The maximum Gasteiger partial charge on any atom is 0.00693 e. The smallest absolute Gasteiger partial charge is 0.00693 e. The molecule has 1 fully saturated rings. The van der Waals surface area contributed by atoms with Gasteiger partial charge in [-0.05, 0) is 39.7 Å². The first kappa shape index (κ1) is 9.05. The summed E-state index contributed by atoms with van der Waals surface area (Å²) in [6.45, 7) is 7.01. The Morgan fingerprint density at radius 3 is 2.00 bits per heavy atom. The van der Waals surface area contributed by atoms with Crippen LogP contribution in [0.25, 0.3) is 0 Å². The van der Waals surface area contributed by atoms with Gasteiger partial charge in [0.1, 0.15) is 0 Å². The van der Waals surface area contributed by atoms with E-state index in [1.54, 1.807) is 0 Å². The molecule has 1 saturated heterocycles. The Morgan fingerprint density at radius 1 is 1.18 bits per heavy atom. The van der Waals surface area contributed by atoms with Gasteiger partial charge in [0.15, 0.2) is 0 Å². The van der Waals surface area contributed by atoms with Crippen molar-refractivity contribution >= 4 is 0 Å². The quantitative estimate of drug-likeness (QED) is 0.562. The summed E-state index contributed by atoms with van der Waals surface area (Å²) in [7, 11) is 2.25. The summed E-state index contributed by atoms with van der Waals surface area (Å²) in [6, 6.07) is 1.59. The lowest BCUT2D eigenvalue weighted by atomic mass is 9.86. The lowest BCUT2D eigenvalue weighted by Crippen LogP contribution is -2.43. The predicted octanol–water partition coefficient (Wildman–Crippen LogP) is 2.52. The fourth-order valence-corrected chi connectivity index (χ4v) is 2.16. The van der Waals surface area contributed by atoms with E-state index < -0.39 is 0 Å². The topological polar surface area (TPSA) is 3.24 Å². The van der Waals surface area contributed by atoms with Crippen LogP contribution in [-0.2, 0) is 0 Å². The summed E-state index contributed by atoms with van der Waals surface area (Å²) >= 11 is 0. The summed E-state index contributed by atoms with van der Waals surface area (Å²) in [5, 5.41) is 0. The number of hydrogen-bond donors (Lipinski definition) is 0. The Kier molecular flexibility index (Phi) is 2.94. The van der Waals surface area contributed by atoms with Gasteiger partial charge >= 0.3 is 0 Å². The molecule has 0 aromatic carbocycles. The third-order valence-electron chi connectivity index (χ3n) is 3.32. The average Bonchev–Trinajstić information content (AvgIpc) is 1.99. The normalized spacial score (nSPS) is 40.9. The highest BCUT2D eigenvalue weighted by Crippen LogP contribution is 2.27. The van der Waals surface area contributed by atoms with Crippen LogP contribution in [0.2, 0.25) is 0 Å². The van der Waals surface area contributed by atoms with Gasteiger partial charge in [0, 0.05) is 12.1 Å². The molecule has 66 valence electrons. The van der Waals surface area contributed by atoms with Gasteiger partial charge in [-0.25, -0.2) is 0 Å². The lowest BCUT2D eigenvalue weighted by Gasteiger charge is -2.40. The van der Waals surface area contributed by atoms with E-state index in [1.807, 2.05) is 0 Å². The van der Waals surface area contributed by atoms with E-state index in [0.29, 0.717) is 0 Å². The second-order valence-electron chi connectivity index (χ2n) is 4.11. The zero-order valence-corrected chi connectivity index (χ0v) is 8.30. The highest BCUT2D eigenvalue weighted by Gasteiger charge is 2.26. The van der Waals surface area contributed by atoms with Crippen LogP contribution in [0, 0.1) is 5.92 Å². The Morgan fingerprint density at radius 2 is 1.64 bits per heavy atom. The zero-order chi connectivity index (χ0) is 8.43. The molecule has 0 saturated carbocycles. The zero-order valence-electron chi connectivity index (χ0n) is 8.30. The molecule has 0 radical (unpaired) electrons. The first-order chi connectivity index (χ1) is 5.15. The van der Waals surface area contributed by atoms with Crippen molar-refractivity contribution in [2.45, 2.75) is 52.1 Å². The van der Waals surface area contributed by atoms with Crippen LogP contribution < -0.4 is 0 Å². The van der Waals surface area contributed by atoms with Crippen LogP contribution in [-0.4, -0.2) is 24.0 Å². The molecule has 1 rings (SSSR count). The predicted molar refractivity (Wildman–Crippen MR) is 49.7 cm³/mol. The Balaban J connectivity index is 2.47. The monoisotopic (exact) mass is 155 g/mol. The van der Waals surface area contributed by atoms with Gasteiger partial charge in [-0.3, -0.25) is 0 Å². The fourth-order valence-electron chi connectivity index (χ4n) is 2.16. The SMILES string of the molecule is CCC1C[C@@H](C)N(C)[C@@H](C)C1. The number of likely N-dealkylation sites (tertiary alicyclic amines) is 1. The van der Waals surface area contributed by atoms with Crippen molar-refractivity contribution < 1.29 is 0 Å². The highest BCUT2D eigenvalue weighted by atomic mass is 15.2. The van der Waals surface area contributed by atoms with Gasteiger partial charge in [-0.15, -0.1) is 0 Å². The van der Waals surface area contributed by atoms with E-state index in [2.05, 4.69) is 32.7 Å². The summed E-state index contributed by atoms with van der Waals surface area (Å²) in [5.41, 5.74) is 0. The summed E-state index contributed by atoms with van der Waals surface area (Å²) in [5.74, 6) is 0.983. The van der Waals surface area contributed by atoms with E-state index in [9.17, 15) is 0 Å². The van der Waals surface area contributed by atoms with E-state index in [4.69, 9.17) is 0 Å². The number of nitrogens with zero attached hydrogens (tertiary/aromatic N) is 1. The minimum Gasteiger partial charge on any atom is -0.301 e. The molecule has 1 unspecified atom stereocenters. The van der Waals surface area contributed by atoms with Crippen molar-refractivity contribution in [3.63, 3.8) is 0 Å². The molecule has 0 N–H and O–H groups in total. The van der Waals surface area contributed by atoms with Gasteiger partial charge < -0.3 is 4.90 Å². The fraction of sp³-hybridized carbons (Fsp3) is 1.00. The minimum absolute atomic E-state index is 0.795. The van der Waals surface area contributed by atoms with Gasteiger partial charge in [-0.2, -0.15) is 0 Å². The van der Waals surface area contributed by atoms with Crippen molar-refractivity contribution in [3.8, 4) is 0 Å². The van der Waals surface area contributed by atoms with Crippen molar-refractivity contribution in [3.05, 3.63) is 0 Å². The lowest BCUT2D eigenvalue weighted by molar-refractivity contribution is 0.0964. The van der Waals surface area contributed by atoms with Gasteiger partial charge in [0.05, 0.1) is 0 Å². The molecule has 1 heteroatoms. The second kappa shape index (κ2) is 3.57. The first-order valence-electron chi connectivity index (χ1n) is 4.87. The van der Waals surface area contributed by atoms with Crippen molar-refractivity contribution in [2.24, 2.45) is 5.92 Å². The number of piperidine rings is 1. The maximum absolute atomic E-state index is 2.51. The van der Waals surface area contributed by atoms with E-state index in [1.165, 1.54) is 19.3 Å². The van der Waals surface area contributed by atoms with Crippen LogP contribution >= 0.6 is 0 Å². The van der Waals surface area contributed by atoms with E-state index in [0.717, 1.165) is 18.0 Å². The third kappa shape index (κ3) is 1.96. The molecule has 0 aromatic heterocycles. The van der Waals surface area contributed by atoms with E-state index in [-0.39, 0.29) is 0 Å². The summed E-state index contributed by atoms with van der Waals surface area (Å²) in [4.78, 5) is 2.51. The molecule has 1 heterocycles. The van der Waals surface area contributed by atoms with Crippen molar-refractivity contribution in [2.75, 3.05) is 7.05 Å². The Hall–Kier alpha value is -0.0400.